The zero-order chi connectivity index (χ0) is 9.80. The molecule has 0 spiro atoms. The Bertz CT molecular complexity index is 333. The fourth-order valence-electron chi connectivity index (χ4n) is 1.63. The molecule has 2 heteroatoms. The Hall–Kier alpha value is -1.31. The molecule has 2 nitrogen and oxygen atoms in total. The normalized spacial score (nSPS) is 19.6. The predicted octanol–water partition coefficient (Wildman–Crippen LogP) is 2.23. The van der Waals surface area contributed by atoms with E-state index in [2.05, 4.69) is 42.6 Å². The van der Waals surface area contributed by atoms with Crippen LogP contribution in [-0.4, -0.2) is 19.0 Å². The van der Waals surface area contributed by atoms with Gasteiger partial charge in [-0.25, -0.2) is 4.99 Å². The van der Waals surface area contributed by atoms with Crippen LogP contribution >= 0.6 is 0 Å². The zero-order valence-electron chi connectivity index (χ0n) is 8.36. The SMILES string of the molecule is Cc1cccc(CCC2CO[C]=N2)c1. The van der Waals surface area contributed by atoms with Gasteiger partial charge in [0.25, 0.3) is 6.40 Å². The molecule has 1 aliphatic rings. The summed E-state index contributed by atoms with van der Waals surface area (Å²) in [6.45, 7) is 2.82. The molecule has 0 amide bonds. The highest BCUT2D eigenvalue weighted by Gasteiger charge is 2.11. The number of aliphatic imine (C=N–C) groups is 1. The first-order valence-corrected chi connectivity index (χ1v) is 4.97. The standard InChI is InChI=1S/C12H14NO/c1-10-3-2-4-11(7-10)5-6-12-8-14-9-13-12/h2-4,7,12H,5-6,8H2,1H3. The summed E-state index contributed by atoms with van der Waals surface area (Å²) in [5.74, 6) is 0. The first-order chi connectivity index (χ1) is 6.84. The van der Waals surface area contributed by atoms with E-state index < -0.39 is 0 Å². The van der Waals surface area contributed by atoms with Crippen molar-refractivity contribution >= 4 is 6.40 Å². The lowest BCUT2D eigenvalue weighted by atomic mass is 10.0. The maximum absolute atomic E-state index is 4.95. The minimum absolute atomic E-state index is 0.315. The second-order valence-electron chi connectivity index (χ2n) is 3.71. The highest BCUT2D eigenvalue weighted by Crippen LogP contribution is 2.11. The summed E-state index contributed by atoms with van der Waals surface area (Å²) in [5, 5.41) is 0. The first-order valence-electron chi connectivity index (χ1n) is 4.97. The highest BCUT2D eigenvalue weighted by atomic mass is 16.5. The average molecular weight is 188 g/mol. The molecule has 0 bridgehead atoms. The molecule has 1 unspecified atom stereocenters. The zero-order valence-corrected chi connectivity index (χ0v) is 8.36. The Morgan fingerprint density at radius 3 is 3.21 bits per heavy atom. The maximum atomic E-state index is 4.95. The molecular formula is C12H14NO. The van der Waals surface area contributed by atoms with Crippen LogP contribution in [-0.2, 0) is 11.2 Å². The molecule has 0 saturated heterocycles. The van der Waals surface area contributed by atoms with Crippen molar-refractivity contribution in [1.82, 2.24) is 0 Å². The van der Waals surface area contributed by atoms with Gasteiger partial charge in [-0.1, -0.05) is 29.8 Å². The fraction of sp³-hybridized carbons (Fsp3) is 0.417. The van der Waals surface area contributed by atoms with Gasteiger partial charge in [-0.3, -0.25) is 0 Å². The van der Waals surface area contributed by atoms with Crippen LogP contribution < -0.4 is 0 Å². The van der Waals surface area contributed by atoms with Crippen molar-refractivity contribution in [3.8, 4) is 0 Å². The van der Waals surface area contributed by atoms with Crippen molar-refractivity contribution in [3.63, 3.8) is 0 Å². The van der Waals surface area contributed by atoms with Crippen molar-refractivity contribution in [3.05, 3.63) is 35.4 Å². The number of benzene rings is 1. The molecule has 0 saturated carbocycles. The summed E-state index contributed by atoms with van der Waals surface area (Å²) < 4.78 is 4.95. The predicted molar refractivity (Wildman–Crippen MR) is 56.7 cm³/mol. The van der Waals surface area contributed by atoms with Gasteiger partial charge in [0.05, 0.1) is 6.04 Å². The van der Waals surface area contributed by atoms with Gasteiger partial charge in [-0.05, 0) is 25.3 Å². The molecule has 1 aliphatic heterocycles. The molecule has 1 radical (unpaired) electrons. The summed E-state index contributed by atoms with van der Waals surface area (Å²) in [6, 6.07) is 8.93. The first kappa shape index (κ1) is 9.25. The van der Waals surface area contributed by atoms with Crippen LogP contribution in [0.1, 0.15) is 17.5 Å². The van der Waals surface area contributed by atoms with Crippen molar-refractivity contribution in [2.75, 3.05) is 6.61 Å². The van der Waals surface area contributed by atoms with Gasteiger partial charge in [0, 0.05) is 0 Å². The maximum Gasteiger partial charge on any atom is 0.273 e. The van der Waals surface area contributed by atoms with E-state index >= 15 is 0 Å². The van der Waals surface area contributed by atoms with E-state index in [-0.39, 0.29) is 0 Å². The van der Waals surface area contributed by atoms with Crippen molar-refractivity contribution in [2.45, 2.75) is 25.8 Å². The van der Waals surface area contributed by atoms with Crippen LogP contribution in [0.15, 0.2) is 29.3 Å². The van der Waals surface area contributed by atoms with Gasteiger partial charge in [0.2, 0.25) is 0 Å². The smallest absolute Gasteiger partial charge is 0.273 e. The molecule has 0 fully saturated rings. The molecule has 1 aromatic rings. The number of hydrogen-bond donors (Lipinski definition) is 0. The van der Waals surface area contributed by atoms with Gasteiger partial charge in [-0.2, -0.15) is 0 Å². The Morgan fingerprint density at radius 1 is 1.57 bits per heavy atom. The van der Waals surface area contributed by atoms with Gasteiger partial charge in [0.1, 0.15) is 6.61 Å². The van der Waals surface area contributed by atoms with Crippen molar-refractivity contribution < 1.29 is 4.74 Å². The summed E-state index contributed by atoms with van der Waals surface area (Å²) >= 11 is 0. The monoisotopic (exact) mass is 188 g/mol. The summed E-state index contributed by atoms with van der Waals surface area (Å²) in [6.07, 6.45) is 4.67. The van der Waals surface area contributed by atoms with Gasteiger partial charge < -0.3 is 4.74 Å². The van der Waals surface area contributed by atoms with Gasteiger partial charge in [-0.15, -0.1) is 0 Å². The molecule has 0 aliphatic carbocycles. The Morgan fingerprint density at radius 2 is 2.50 bits per heavy atom. The molecule has 0 aromatic heterocycles. The van der Waals surface area contributed by atoms with E-state index in [4.69, 9.17) is 4.74 Å². The number of aryl methyl sites for hydroxylation is 2. The van der Waals surface area contributed by atoms with E-state index in [1.54, 1.807) is 0 Å². The van der Waals surface area contributed by atoms with Gasteiger partial charge in [0.15, 0.2) is 0 Å². The Labute approximate surface area is 84.6 Å². The van der Waals surface area contributed by atoms with E-state index in [0.29, 0.717) is 12.6 Å². The fourth-order valence-corrected chi connectivity index (χ4v) is 1.63. The van der Waals surface area contributed by atoms with Crippen LogP contribution in [0.25, 0.3) is 0 Å². The van der Waals surface area contributed by atoms with E-state index in [1.165, 1.54) is 11.1 Å². The second kappa shape index (κ2) is 4.27. The van der Waals surface area contributed by atoms with E-state index in [0.717, 1.165) is 12.8 Å². The van der Waals surface area contributed by atoms with Crippen LogP contribution in [0.5, 0.6) is 0 Å². The van der Waals surface area contributed by atoms with Crippen LogP contribution in [0.3, 0.4) is 0 Å². The third-order valence-corrected chi connectivity index (χ3v) is 2.42. The summed E-state index contributed by atoms with van der Waals surface area (Å²) in [4.78, 5) is 4.10. The molecule has 0 N–H and O–H groups in total. The third kappa shape index (κ3) is 2.34. The van der Waals surface area contributed by atoms with Crippen LogP contribution in [0.4, 0.5) is 0 Å². The highest BCUT2D eigenvalue weighted by molar-refractivity contribution is 5.48. The minimum atomic E-state index is 0.315. The van der Waals surface area contributed by atoms with Crippen LogP contribution in [0, 0.1) is 6.92 Å². The number of ether oxygens (including phenoxy) is 1. The molecule has 1 aromatic carbocycles. The number of rotatable bonds is 3. The van der Waals surface area contributed by atoms with Crippen LogP contribution in [0.2, 0.25) is 0 Å². The minimum Gasteiger partial charge on any atom is -0.472 e. The Balaban J connectivity index is 1.88. The summed E-state index contributed by atoms with van der Waals surface area (Å²) in [7, 11) is 0. The molecule has 14 heavy (non-hydrogen) atoms. The molecular weight excluding hydrogens is 174 g/mol. The molecule has 1 heterocycles. The lowest BCUT2D eigenvalue weighted by molar-refractivity contribution is 0.322. The number of hydrogen-bond acceptors (Lipinski definition) is 2. The average Bonchev–Trinajstić information content (AvgIpc) is 2.67. The third-order valence-electron chi connectivity index (χ3n) is 2.42. The largest absolute Gasteiger partial charge is 0.472 e. The van der Waals surface area contributed by atoms with E-state index in [1.807, 2.05) is 0 Å². The molecule has 1 atom stereocenters. The Kier molecular flexibility index (Phi) is 2.82. The van der Waals surface area contributed by atoms with E-state index in [9.17, 15) is 0 Å². The lowest BCUT2D eigenvalue weighted by Crippen LogP contribution is -2.07. The summed E-state index contributed by atoms with van der Waals surface area (Å²) in [5.41, 5.74) is 2.70. The van der Waals surface area contributed by atoms with Crippen molar-refractivity contribution in [1.29, 1.82) is 0 Å². The second-order valence-corrected chi connectivity index (χ2v) is 3.71. The number of nitrogens with zero attached hydrogens (tertiary/aromatic N) is 1. The topological polar surface area (TPSA) is 21.6 Å². The molecule has 73 valence electrons. The lowest BCUT2D eigenvalue weighted by Gasteiger charge is -2.05. The van der Waals surface area contributed by atoms with Gasteiger partial charge >= 0.3 is 0 Å². The molecule has 2 rings (SSSR count). The quantitative estimate of drug-likeness (QED) is 0.712. The van der Waals surface area contributed by atoms with Crippen molar-refractivity contribution in [2.24, 2.45) is 4.99 Å².